The monoisotopic (exact) mass is 375 g/mol. The average Bonchev–Trinajstić information content (AvgIpc) is 2.53. The minimum absolute atomic E-state index is 0.0258. The van der Waals surface area contributed by atoms with Crippen molar-refractivity contribution in [3.8, 4) is 0 Å². The maximum Gasteiger partial charge on any atom is 0.430 e. The zero-order valence-electron chi connectivity index (χ0n) is 13.1. The van der Waals surface area contributed by atoms with Crippen LogP contribution in [0, 0.1) is 6.92 Å². The molecule has 1 heterocycles. The van der Waals surface area contributed by atoms with E-state index in [1.54, 1.807) is 0 Å². The van der Waals surface area contributed by atoms with Crippen LogP contribution in [0.2, 0.25) is 0 Å². The van der Waals surface area contributed by atoms with Gasteiger partial charge in [0.2, 0.25) is 0 Å². The number of aryl methyl sites for hydroxylation is 1. The van der Waals surface area contributed by atoms with Crippen molar-refractivity contribution in [2.75, 3.05) is 0 Å². The highest BCUT2D eigenvalue weighted by atomic mass is 19.4. The molecular formula is C17H11F6NO2. The quantitative estimate of drug-likeness (QED) is 0.492. The summed E-state index contributed by atoms with van der Waals surface area (Å²) in [6.45, 7) is 1.25. The number of hydrogen-bond acceptors (Lipinski definition) is 2. The van der Waals surface area contributed by atoms with Gasteiger partial charge in [-0.15, -0.1) is 0 Å². The molecule has 0 bridgehead atoms. The van der Waals surface area contributed by atoms with Crippen molar-refractivity contribution in [3.05, 3.63) is 57.9 Å². The van der Waals surface area contributed by atoms with Crippen molar-refractivity contribution in [2.45, 2.75) is 24.9 Å². The summed E-state index contributed by atoms with van der Waals surface area (Å²) in [5.74, 6) is 0. The molecule has 0 saturated carbocycles. The Morgan fingerprint density at radius 3 is 1.96 bits per heavy atom. The Balaban J connectivity index is 2.48. The molecule has 0 saturated heterocycles. The number of fused-ring (bicyclic) bond motifs is 3. The van der Waals surface area contributed by atoms with Crippen molar-refractivity contribution in [1.29, 1.82) is 0 Å². The third kappa shape index (κ3) is 2.45. The Kier molecular flexibility index (Phi) is 3.84. The molecule has 0 radical (unpaired) electrons. The molecule has 0 aliphatic heterocycles. The first-order valence-electron chi connectivity index (χ1n) is 7.29. The van der Waals surface area contributed by atoms with Crippen molar-refractivity contribution in [1.82, 2.24) is 4.98 Å². The normalized spacial score (nSPS) is 13.5. The van der Waals surface area contributed by atoms with Crippen LogP contribution in [0.25, 0.3) is 21.7 Å². The van der Waals surface area contributed by atoms with E-state index in [1.165, 1.54) is 31.2 Å². The topological polar surface area (TPSA) is 53.1 Å². The van der Waals surface area contributed by atoms with E-state index in [1.807, 2.05) is 0 Å². The van der Waals surface area contributed by atoms with Gasteiger partial charge in [0.1, 0.15) is 0 Å². The largest absolute Gasteiger partial charge is 0.430 e. The molecule has 138 valence electrons. The summed E-state index contributed by atoms with van der Waals surface area (Å²) >= 11 is 0. The number of aromatic amines is 1. The Labute approximate surface area is 141 Å². The second-order valence-electron chi connectivity index (χ2n) is 5.92. The highest BCUT2D eigenvalue weighted by Gasteiger charge is 2.71. The van der Waals surface area contributed by atoms with Gasteiger partial charge >= 0.3 is 12.4 Å². The van der Waals surface area contributed by atoms with Crippen LogP contribution in [-0.4, -0.2) is 22.4 Å². The zero-order chi connectivity index (χ0) is 19.5. The van der Waals surface area contributed by atoms with E-state index in [2.05, 4.69) is 4.98 Å². The number of nitrogens with one attached hydrogen (secondary N) is 1. The Morgan fingerprint density at radius 1 is 0.885 bits per heavy atom. The van der Waals surface area contributed by atoms with Gasteiger partial charge in [-0.05, 0) is 30.0 Å². The summed E-state index contributed by atoms with van der Waals surface area (Å²) in [6, 6.07) is 7.02. The summed E-state index contributed by atoms with van der Waals surface area (Å²) in [5, 5.41) is 9.91. The molecule has 3 nitrogen and oxygen atoms in total. The molecule has 9 heteroatoms. The van der Waals surface area contributed by atoms with Gasteiger partial charge in [-0.3, -0.25) is 4.79 Å². The lowest BCUT2D eigenvalue weighted by Crippen LogP contribution is -2.53. The Bertz CT molecular complexity index is 1050. The van der Waals surface area contributed by atoms with Gasteiger partial charge in [0.15, 0.2) is 0 Å². The lowest BCUT2D eigenvalue weighted by molar-refractivity contribution is -0.376. The molecule has 3 rings (SSSR count). The number of benzene rings is 2. The van der Waals surface area contributed by atoms with E-state index in [0.29, 0.717) is 12.1 Å². The first-order chi connectivity index (χ1) is 11.9. The first-order valence-corrected chi connectivity index (χ1v) is 7.29. The van der Waals surface area contributed by atoms with Crippen LogP contribution in [0.1, 0.15) is 11.1 Å². The standard InChI is InChI=1S/C17H11F6NO2/c1-8-6-9(15(26,16(18,19)20)17(21,22)23)7-12-10-4-2-3-5-11(10)14(25)24-13(8)12/h2-7,26H,1H3,(H,24,25). The lowest BCUT2D eigenvalue weighted by Gasteiger charge is -2.33. The number of H-pyrrole nitrogens is 1. The predicted molar refractivity (Wildman–Crippen MR) is 82.8 cm³/mol. The number of aromatic nitrogens is 1. The molecule has 0 spiro atoms. The van der Waals surface area contributed by atoms with Gasteiger partial charge in [-0.1, -0.05) is 24.3 Å². The van der Waals surface area contributed by atoms with Gasteiger partial charge in [0.05, 0.1) is 5.52 Å². The molecular weight excluding hydrogens is 364 g/mol. The molecule has 1 aromatic heterocycles. The second kappa shape index (κ2) is 5.47. The fraction of sp³-hybridized carbons (Fsp3) is 0.235. The number of pyridine rings is 1. The zero-order valence-corrected chi connectivity index (χ0v) is 13.1. The van der Waals surface area contributed by atoms with Crippen molar-refractivity contribution in [3.63, 3.8) is 0 Å². The Hall–Kier alpha value is -2.55. The number of rotatable bonds is 1. The number of aliphatic hydroxyl groups is 1. The van der Waals surface area contributed by atoms with Crippen LogP contribution in [0.4, 0.5) is 26.3 Å². The number of hydrogen-bond donors (Lipinski definition) is 2. The minimum atomic E-state index is -5.98. The number of alkyl halides is 6. The summed E-state index contributed by atoms with van der Waals surface area (Å²) in [6.07, 6.45) is -12.0. The van der Waals surface area contributed by atoms with Crippen LogP contribution in [0.3, 0.4) is 0 Å². The summed E-state index contributed by atoms with van der Waals surface area (Å²) in [4.78, 5) is 14.5. The van der Waals surface area contributed by atoms with E-state index in [4.69, 9.17) is 0 Å². The van der Waals surface area contributed by atoms with Gasteiger partial charge in [-0.25, -0.2) is 0 Å². The molecule has 3 aromatic rings. The van der Waals surface area contributed by atoms with E-state index in [-0.39, 0.29) is 27.2 Å². The van der Waals surface area contributed by atoms with E-state index < -0.39 is 29.1 Å². The van der Waals surface area contributed by atoms with Gasteiger partial charge < -0.3 is 10.1 Å². The summed E-state index contributed by atoms with van der Waals surface area (Å²) in [7, 11) is 0. The molecule has 0 atom stereocenters. The fourth-order valence-electron chi connectivity index (χ4n) is 2.96. The first kappa shape index (κ1) is 18.2. The van der Waals surface area contributed by atoms with Crippen LogP contribution in [0.5, 0.6) is 0 Å². The van der Waals surface area contributed by atoms with Crippen LogP contribution in [0.15, 0.2) is 41.2 Å². The molecule has 26 heavy (non-hydrogen) atoms. The highest BCUT2D eigenvalue weighted by Crippen LogP contribution is 2.50. The fourth-order valence-corrected chi connectivity index (χ4v) is 2.96. The molecule has 0 aliphatic rings. The van der Waals surface area contributed by atoms with Crippen molar-refractivity contribution < 1.29 is 31.4 Å². The second-order valence-corrected chi connectivity index (χ2v) is 5.92. The maximum absolute atomic E-state index is 13.2. The van der Waals surface area contributed by atoms with Crippen LogP contribution in [-0.2, 0) is 5.60 Å². The molecule has 2 aromatic carbocycles. The molecule has 0 unspecified atom stereocenters. The predicted octanol–water partition coefficient (Wildman–Crippen LogP) is 4.30. The van der Waals surface area contributed by atoms with Gasteiger partial charge in [0.25, 0.3) is 11.2 Å². The Morgan fingerprint density at radius 2 is 1.42 bits per heavy atom. The average molecular weight is 375 g/mol. The van der Waals surface area contributed by atoms with Crippen molar-refractivity contribution >= 4 is 21.7 Å². The highest BCUT2D eigenvalue weighted by molar-refractivity contribution is 6.06. The maximum atomic E-state index is 13.2. The molecule has 0 aliphatic carbocycles. The summed E-state index contributed by atoms with van der Waals surface area (Å²) in [5.41, 5.74) is -6.85. The molecule has 0 fully saturated rings. The van der Waals surface area contributed by atoms with Crippen LogP contribution < -0.4 is 5.56 Å². The molecule has 0 amide bonds. The van der Waals surface area contributed by atoms with Gasteiger partial charge in [-0.2, -0.15) is 26.3 Å². The third-order valence-electron chi connectivity index (χ3n) is 4.27. The van der Waals surface area contributed by atoms with Gasteiger partial charge in [0, 0.05) is 16.3 Å². The van der Waals surface area contributed by atoms with E-state index >= 15 is 0 Å². The number of halogens is 6. The van der Waals surface area contributed by atoms with E-state index in [0.717, 1.165) is 0 Å². The van der Waals surface area contributed by atoms with Crippen molar-refractivity contribution in [2.24, 2.45) is 0 Å². The lowest BCUT2D eigenvalue weighted by atomic mass is 9.88. The molecule has 2 N–H and O–H groups in total. The SMILES string of the molecule is Cc1cc(C(O)(C(F)(F)F)C(F)(F)F)cc2c1[nH]c(=O)c1ccccc12. The smallest absolute Gasteiger partial charge is 0.369 e. The van der Waals surface area contributed by atoms with Crippen LogP contribution >= 0.6 is 0 Å². The van der Waals surface area contributed by atoms with E-state index in [9.17, 15) is 36.2 Å². The summed E-state index contributed by atoms with van der Waals surface area (Å²) < 4.78 is 79.0. The third-order valence-corrected chi connectivity index (χ3v) is 4.27. The minimum Gasteiger partial charge on any atom is -0.369 e.